The highest BCUT2D eigenvalue weighted by molar-refractivity contribution is 6.32. The SMILES string of the molecule is O=C(COC(=O)C(NC(=O)c1ccco1)c1ccccc1)Nc1cccnc1Cl. The predicted octanol–water partition coefficient (Wildman–Crippen LogP) is 2.98. The molecule has 0 aliphatic heterocycles. The Kier molecular flexibility index (Phi) is 6.59. The van der Waals surface area contributed by atoms with Crippen LogP contribution in [0.2, 0.25) is 5.15 Å². The third-order valence-corrected chi connectivity index (χ3v) is 4.07. The standard InChI is InChI=1S/C20H16ClN3O5/c21-18-14(8-4-10-22-18)23-16(25)12-29-20(27)17(13-6-2-1-3-7-13)24-19(26)15-9-5-11-28-15/h1-11,17H,12H2,(H,23,25)(H,24,26). The van der Waals surface area contributed by atoms with Crippen LogP contribution in [0, 0.1) is 0 Å². The number of carbonyl (C=O) groups excluding carboxylic acids is 3. The molecule has 148 valence electrons. The Labute approximate surface area is 170 Å². The molecule has 2 N–H and O–H groups in total. The molecule has 1 aromatic carbocycles. The van der Waals surface area contributed by atoms with Crippen molar-refractivity contribution in [2.24, 2.45) is 0 Å². The van der Waals surface area contributed by atoms with Crippen molar-refractivity contribution in [2.45, 2.75) is 6.04 Å². The Morgan fingerprint density at radius 3 is 2.55 bits per heavy atom. The number of ether oxygens (including phenoxy) is 1. The Balaban J connectivity index is 1.65. The average Bonchev–Trinajstić information content (AvgIpc) is 3.27. The topological polar surface area (TPSA) is 111 Å². The molecule has 0 aliphatic rings. The molecule has 0 saturated carbocycles. The fourth-order valence-corrected chi connectivity index (χ4v) is 2.59. The van der Waals surface area contributed by atoms with Crippen molar-refractivity contribution in [1.29, 1.82) is 0 Å². The second-order valence-electron chi connectivity index (χ2n) is 5.79. The summed E-state index contributed by atoms with van der Waals surface area (Å²) in [6.07, 6.45) is 2.82. The fraction of sp³-hybridized carbons (Fsp3) is 0.100. The monoisotopic (exact) mass is 413 g/mol. The van der Waals surface area contributed by atoms with Crippen molar-refractivity contribution >= 4 is 35.1 Å². The lowest BCUT2D eigenvalue weighted by Gasteiger charge is -2.17. The first-order chi connectivity index (χ1) is 14.0. The van der Waals surface area contributed by atoms with Crippen molar-refractivity contribution in [1.82, 2.24) is 10.3 Å². The molecule has 9 heteroatoms. The van der Waals surface area contributed by atoms with Crippen LogP contribution in [0.1, 0.15) is 22.2 Å². The molecule has 2 amide bonds. The Bertz CT molecular complexity index is 992. The van der Waals surface area contributed by atoms with Gasteiger partial charge in [-0.2, -0.15) is 0 Å². The summed E-state index contributed by atoms with van der Waals surface area (Å²) in [7, 11) is 0. The van der Waals surface area contributed by atoms with E-state index in [0.717, 1.165) is 0 Å². The van der Waals surface area contributed by atoms with Gasteiger partial charge in [0.1, 0.15) is 0 Å². The minimum Gasteiger partial charge on any atom is -0.459 e. The van der Waals surface area contributed by atoms with Crippen LogP contribution < -0.4 is 10.6 Å². The summed E-state index contributed by atoms with van der Waals surface area (Å²) in [6, 6.07) is 13.6. The first-order valence-corrected chi connectivity index (χ1v) is 8.88. The molecule has 0 bridgehead atoms. The molecule has 0 radical (unpaired) electrons. The molecule has 0 spiro atoms. The number of benzene rings is 1. The van der Waals surface area contributed by atoms with Gasteiger partial charge < -0.3 is 19.8 Å². The van der Waals surface area contributed by atoms with E-state index in [9.17, 15) is 14.4 Å². The average molecular weight is 414 g/mol. The van der Waals surface area contributed by atoms with Crippen LogP contribution in [0.15, 0.2) is 71.5 Å². The number of nitrogens with one attached hydrogen (secondary N) is 2. The number of halogens is 1. The van der Waals surface area contributed by atoms with Gasteiger partial charge in [-0.3, -0.25) is 9.59 Å². The van der Waals surface area contributed by atoms with Gasteiger partial charge in [-0.25, -0.2) is 9.78 Å². The highest BCUT2D eigenvalue weighted by atomic mass is 35.5. The summed E-state index contributed by atoms with van der Waals surface area (Å²) in [4.78, 5) is 40.8. The van der Waals surface area contributed by atoms with E-state index in [-0.39, 0.29) is 10.9 Å². The zero-order chi connectivity index (χ0) is 20.6. The van der Waals surface area contributed by atoms with Crippen molar-refractivity contribution in [2.75, 3.05) is 11.9 Å². The smallest absolute Gasteiger partial charge is 0.333 e. The highest BCUT2D eigenvalue weighted by Crippen LogP contribution is 2.18. The summed E-state index contributed by atoms with van der Waals surface area (Å²) in [5.41, 5.74) is 0.786. The summed E-state index contributed by atoms with van der Waals surface area (Å²) in [5, 5.41) is 5.15. The quantitative estimate of drug-likeness (QED) is 0.455. The van der Waals surface area contributed by atoms with Gasteiger partial charge in [-0.05, 0) is 29.8 Å². The maximum atomic E-state index is 12.6. The molecular formula is C20H16ClN3O5. The fourth-order valence-electron chi connectivity index (χ4n) is 2.42. The summed E-state index contributed by atoms with van der Waals surface area (Å²) >= 11 is 5.88. The predicted molar refractivity (Wildman–Crippen MR) is 104 cm³/mol. The number of amides is 2. The second-order valence-corrected chi connectivity index (χ2v) is 6.15. The van der Waals surface area contributed by atoms with Gasteiger partial charge >= 0.3 is 5.97 Å². The van der Waals surface area contributed by atoms with E-state index < -0.39 is 30.4 Å². The van der Waals surface area contributed by atoms with E-state index in [1.807, 2.05) is 0 Å². The van der Waals surface area contributed by atoms with E-state index in [1.165, 1.54) is 18.5 Å². The lowest BCUT2D eigenvalue weighted by atomic mass is 10.1. The zero-order valence-electron chi connectivity index (χ0n) is 15.0. The number of pyridine rings is 1. The highest BCUT2D eigenvalue weighted by Gasteiger charge is 2.26. The van der Waals surface area contributed by atoms with Crippen molar-refractivity contribution in [3.05, 3.63) is 83.5 Å². The number of carbonyl (C=O) groups is 3. The van der Waals surface area contributed by atoms with E-state index in [4.69, 9.17) is 20.8 Å². The van der Waals surface area contributed by atoms with Gasteiger partial charge in [0.05, 0.1) is 12.0 Å². The van der Waals surface area contributed by atoms with Crippen LogP contribution >= 0.6 is 11.6 Å². The van der Waals surface area contributed by atoms with Gasteiger partial charge in [-0.15, -0.1) is 0 Å². The number of hydrogen-bond donors (Lipinski definition) is 2. The minimum atomic E-state index is -1.12. The molecule has 29 heavy (non-hydrogen) atoms. The minimum absolute atomic E-state index is 0.0442. The zero-order valence-corrected chi connectivity index (χ0v) is 15.8. The molecule has 0 saturated heterocycles. The van der Waals surface area contributed by atoms with Crippen molar-refractivity contribution in [3.63, 3.8) is 0 Å². The van der Waals surface area contributed by atoms with Gasteiger partial charge in [0.15, 0.2) is 23.6 Å². The molecule has 2 heterocycles. The summed E-state index contributed by atoms with van der Waals surface area (Å²) in [6.45, 7) is -0.565. The van der Waals surface area contributed by atoms with Crippen molar-refractivity contribution < 1.29 is 23.5 Å². The lowest BCUT2D eigenvalue weighted by molar-refractivity contribution is -0.149. The first kappa shape index (κ1) is 20.1. The Hall–Kier alpha value is -3.65. The first-order valence-electron chi connectivity index (χ1n) is 8.51. The molecule has 8 nitrogen and oxygen atoms in total. The van der Waals surface area contributed by atoms with Crippen LogP contribution in [0.5, 0.6) is 0 Å². The van der Waals surface area contributed by atoms with Crippen LogP contribution in [0.3, 0.4) is 0 Å². The van der Waals surface area contributed by atoms with Crippen LogP contribution in [-0.4, -0.2) is 29.4 Å². The largest absolute Gasteiger partial charge is 0.459 e. The number of anilines is 1. The molecule has 0 fully saturated rings. The maximum Gasteiger partial charge on any atom is 0.333 e. The van der Waals surface area contributed by atoms with Crippen molar-refractivity contribution in [3.8, 4) is 0 Å². The molecule has 3 rings (SSSR count). The van der Waals surface area contributed by atoms with E-state index >= 15 is 0 Å². The third kappa shape index (κ3) is 5.43. The molecule has 0 aliphatic carbocycles. The number of rotatable bonds is 7. The van der Waals surface area contributed by atoms with Crippen LogP contribution in [0.4, 0.5) is 5.69 Å². The van der Waals surface area contributed by atoms with Gasteiger partial charge in [0.2, 0.25) is 0 Å². The molecule has 3 aromatic rings. The second kappa shape index (κ2) is 9.52. The maximum absolute atomic E-state index is 12.6. The van der Waals surface area contributed by atoms with Gasteiger partial charge in [0.25, 0.3) is 11.8 Å². The van der Waals surface area contributed by atoms with Crippen LogP contribution in [0.25, 0.3) is 0 Å². The van der Waals surface area contributed by atoms with Crippen LogP contribution in [-0.2, 0) is 14.3 Å². The number of nitrogens with zero attached hydrogens (tertiary/aromatic N) is 1. The normalized spacial score (nSPS) is 11.3. The van der Waals surface area contributed by atoms with E-state index in [2.05, 4.69) is 15.6 Å². The Morgan fingerprint density at radius 1 is 1.07 bits per heavy atom. The molecular weight excluding hydrogens is 398 g/mol. The van der Waals surface area contributed by atoms with E-state index in [0.29, 0.717) is 11.3 Å². The molecule has 2 aromatic heterocycles. The number of hydrogen-bond acceptors (Lipinski definition) is 6. The number of furan rings is 1. The molecule has 1 unspecified atom stereocenters. The molecule has 1 atom stereocenters. The summed E-state index contributed by atoms with van der Waals surface area (Å²) in [5.74, 6) is -1.95. The lowest BCUT2D eigenvalue weighted by Crippen LogP contribution is -2.36. The third-order valence-electron chi connectivity index (χ3n) is 3.77. The summed E-state index contributed by atoms with van der Waals surface area (Å²) < 4.78 is 10.1. The van der Waals surface area contributed by atoms with Gasteiger partial charge in [-0.1, -0.05) is 41.9 Å². The number of aromatic nitrogens is 1. The number of esters is 1. The van der Waals surface area contributed by atoms with Gasteiger partial charge in [0, 0.05) is 6.20 Å². The Morgan fingerprint density at radius 2 is 1.86 bits per heavy atom. The van der Waals surface area contributed by atoms with E-state index in [1.54, 1.807) is 48.5 Å².